The van der Waals surface area contributed by atoms with E-state index in [0.717, 1.165) is 25.7 Å². The van der Waals surface area contributed by atoms with Crippen LogP contribution < -0.4 is 0 Å². The Hall–Kier alpha value is -0.420. The molecule has 3 fully saturated rings. The molecule has 0 nitrogen and oxygen atoms in total. The molecule has 0 radical (unpaired) electrons. The van der Waals surface area contributed by atoms with Crippen molar-refractivity contribution in [2.75, 3.05) is 0 Å². The fourth-order valence-electron chi connectivity index (χ4n) is 5.79. The second-order valence-corrected chi connectivity index (χ2v) is 9.04. The molecule has 5 unspecified atom stereocenters. The molecule has 0 heterocycles. The summed E-state index contributed by atoms with van der Waals surface area (Å²) in [7, 11) is 0. The summed E-state index contributed by atoms with van der Waals surface area (Å²) in [6.07, 6.45) is -6.06. The van der Waals surface area contributed by atoms with Crippen LogP contribution >= 0.6 is 0 Å². The minimum Gasteiger partial charge on any atom is -0.247 e. The summed E-state index contributed by atoms with van der Waals surface area (Å²) in [5.74, 6) is -2.85. The number of hydrogen-bond acceptors (Lipinski definition) is 0. The summed E-state index contributed by atoms with van der Waals surface area (Å²) in [6.45, 7) is 2.19. The Labute approximate surface area is 152 Å². The van der Waals surface area contributed by atoms with Gasteiger partial charge < -0.3 is 0 Å². The number of hydrogen-bond donors (Lipinski definition) is 0. The highest BCUT2D eigenvalue weighted by atomic mass is 19.3. The average Bonchev–Trinajstić information content (AvgIpc) is 2.53. The molecule has 0 amide bonds. The van der Waals surface area contributed by atoms with E-state index < -0.39 is 48.9 Å². The monoisotopic (exact) mass is 384 g/mol. The number of halogens is 6. The van der Waals surface area contributed by atoms with Gasteiger partial charge in [-0.3, -0.25) is 0 Å². The first-order chi connectivity index (χ1) is 12.3. The van der Waals surface area contributed by atoms with Gasteiger partial charge in [-0.25, -0.2) is 26.3 Å². The minimum absolute atomic E-state index is 0.0106. The highest BCUT2D eigenvalue weighted by molar-refractivity contribution is 4.98. The zero-order valence-electron chi connectivity index (χ0n) is 15.3. The van der Waals surface area contributed by atoms with Crippen molar-refractivity contribution in [2.45, 2.75) is 89.4 Å². The van der Waals surface area contributed by atoms with Gasteiger partial charge in [-0.15, -0.1) is 0 Å². The molecule has 0 aromatic rings. The third-order valence-corrected chi connectivity index (χ3v) is 7.34. The van der Waals surface area contributed by atoms with Gasteiger partial charge in [0.1, 0.15) is 24.7 Å². The molecule has 0 aromatic carbocycles. The molecular weight excluding hydrogens is 354 g/mol. The van der Waals surface area contributed by atoms with Gasteiger partial charge in [0, 0.05) is 5.92 Å². The maximum absolute atomic E-state index is 14.8. The summed E-state index contributed by atoms with van der Waals surface area (Å²) in [4.78, 5) is 0. The van der Waals surface area contributed by atoms with Crippen LogP contribution in [0.1, 0.15) is 58.3 Å². The van der Waals surface area contributed by atoms with Gasteiger partial charge in [-0.05, 0) is 62.2 Å². The van der Waals surface area contributed by atoms with E-state index in [4.69, 9.17) is 0 Å². The van der Waals surface area contributed by atoms with Crippen LogP contribution in [0.15, 0.2) is 0 Å². The van der Waals surface area contributed by atoms with Crippen LogP contribution in [0, 0.1) is 35.5 Å². The largest absolute Gasteiger partial charge is 0.247 e. The lowest BCUT2D eigenvalue weighted by Gasteiger charge is -2.45. The van der Waals surface area contributed by atoms with E-state index >= 15 is 0 Å². The zero-order chi connectivity index (χ0) is 19.0. The van der Waals surface area contributed by atoms with Gasteiger partial charge in [-0.2, -0.15) is 0 Å². The number of rotatable bonds is 3. The summed E-state index contributed by atoms with van der Waals surface area (Å²) in [5, 5.41) is 0. The highest BCUT2D eigenvalue weighted by Gasteiger charge is 2.51. The summed E-state index contributed by atoms with van der Waals surface area (Å²) < 4.78 is 83.4. The molecular formula is C20H30F6. The lowest BCUT2D eigenvalue weighted by molar-refractivity contribution is -0.0871. The van der Waals surface area contributed by atoms with Crippen LogP contribution in [0.25, 0.3) is 0 Å². The molecule has 6 heteroatoms. The highest BCUT2D eigenvalue weighted by Crippen LogP contribution is 2.49. The molecule has 0 aromatic heterocycles. The van der Waals surface area contributed by atoms with Crippen molar-refractivity contribution in [3.05, 3.63) is 0 Å². The van der Waals surface area contributed by atoms with E-state index in [1.54, 1.807) is 0 Å². The van der Waals surface area contributed by atoms with Crippen LogP contribution in [-0.2, 0) is 0 Å². The van der Waals surface area contributed by atoms with E-state index in [2.05, 4.69) is 6.92 Å². The summed E-state index contributed by atoms with van der Waals surface area (Å²) in [6, 6.07) is 0. The Morgan fingerprint density at radius 1 is 0.615 bits per heavy atom. The molecule has 3 aliphatic carbocycles. The Morgan fingerprint density at radius 2 is 1.08 bits per heavy atom. The third-order valence-electron chi connectivity index (χ3n) is 7.34. The first-order valence-electron chi connectivity index (χ1n) is 10.1. The molecule has 0 aliphatic heterocycles. The molecule has 3 aliphatic rings. The quantitative estimate of drug-likeness (QED) is 0.488. The van der Waals surface area contributed by atoms with Crippen molar-refractivity contribution in [3.63, 3.8) is 0 Å². The van der Waals surface area contributed by atoms with Crippen LogP contribution in [0.3, 0.4) is 0 Å². The van der Waals surface area contributed by atoms with Crippen LogP contribution in [0.4, 0.5) is 26.3 Å². The smallest absolute Gasteiger partial charge is 0.247 e. The van der Waals surface area contributed by atoms with Gasteiger partial charge in [0.2, 0.25) is 6.43 Å². The zero-order valence-corrected chi connectivity index (χ0v) is 15.3. The molecule has 0 spiro atoms. The Bertz CT molecular complexity index is 426. The van der Waals surface area contributed by atoms with E-state index in [-0.39, 0.29) is 31.6 Å². The predicted molar refractivity (Wildman–Crippen MR) is 89.1 cm³/mol. The van der Waals surface area contributed by atoms with Crippen molar-refractivity contribution in [1.29, 1.82) is 0 Å². The third kappa shape index (κ3) is 4.19. The van der Waals surface area contributed by atoms with Crippen molar-refractivity contribution in [1.82, 2.24) is 0 Å². The SMILES string of the molecule is CC1CCC(C2CC(F)C(C3CC(F)C(C(F)F)C(F)C3)[C@@H](F)C2)CC1. The van der Waals surface area contributed by atoms with Gasteiger partial charge in [-0.1, -0.05) is 19.8 Å². The second-order valence-electron chi connectivity index (χ2n) is 9.04. The molecule has 0 saturated heterocycles. The Kier molecular flexibility index (Phi) is 6.49. The lowest BCUT2D eigenvalue weighted by atomic mass is 9.63. The van der Waals surface area contributed by atoms with E-state index in [1.165, 1.54) is 0 Å². The molecule has 0 bridgehead atoms. The lowest BCUT2D eigenvalue weighted by Crippen LogP contribution is -2.48. The molecule has 152 valence electrons. The van der Waals surface area contributed by atoms with Crippen LogP contribution in [0.5, 0.6) is 0 Å². The minimum atomic E-state index is -3.08. The van der Waals surface area contributed by atoms with E-state index in [1.807, 2.05) is 0 Å². The predicted octanol–water partition coefficient (Wildman–Crippen LogP) is 6.48. The summed E-state index contributed by atoms with van der Waals surface area (Å²) >= 11 is 0. The fraction of sp³-hybridized carbons (Fsp3) is 1.00. The van der Waals surface area contributed by atoms with Gasteiger partial charge in [0.05, 0.1) is 5.92 Å². The standard InChI is InChI=1S/C20H30F6/c1-10-2-4-11(5-3-10)12-6-14(21)18(15(22)7-12)13-8-16(23)19(20(25)26)17(24)9-13/h10-20H,2-9H2,1H3/t10?,11?,12?,13?,14-,15?,16?,17?,18?,19?/m0/s1. The molecule has 3 rings (SSSR count). The topological polar surface area (TPSA) is 0 Å². The van der Waals surface area contributed by atoms with Crippen molar-refractivity contribution < 1.29 is 26.3 Å². The van der Waals surface area contributed by atoms with Crippen LogP contribution in [-0.4, -0.2) is 31.1 Å². The second kappa shape index (κ2) is 8.30. The normalized spacial score (nSPS) is 50.8. The number of alkyl halides is 6. The van der Waals surface area contributed by atoms with Crippen molar-refractivity contribution >= 4 is 0 Å². The van der Waals surface area contributed by atoms with Gasteiger partial charge >= 0.3 is 0 Å². The molecule has 0 N–H and O–H groups in total. The average molecular weight is 384 g/mol. The van der Waals surface area contributed by atoms with Gasteiger partial charge in [0.25, 0.3) is 0 Å². The molecule has 3 saturated carbocycles. The molecule has 26 heavy (non-hydrogen) atoms. The van der Waals surface area contributed by atoms with E-state index in [0.29, 0.717) is 11.8 Å². The van der Waals surface area contributed by atoms with E-state index in [9.17, 15) is 26.3 Å². The van der Waals surface area contributed by atoms with Gasteiger partial charge in [0.15, 0.2) is 0 Å². The first kappa shape index (κ1) is 20.3. The Morgan fingerprint density at radius 3 is 1.54 bits per heavy atom. The van der Waals surface area contributed by atoms with Crippen molar-refractivity contribution in [3.8, 4) is 0 Å². The Balaban J connectivity index is 1.62. The summed E-state index contributed by atoms with van der Waals surface area (Å²) in [5.41, 5.74) is 0. The molecule has 6 atom stereocenters. The first-order valence-corrected chi connectivity index (χ1v) is 10.1. The fourth-order valence-corrected chi connectivity index (χ4v) is 5.79. The maximum Gasteiger partial charge on any atom is 0.247 e. The van der Waals surface area contributed by atoms with Crippen LogP contribution in [0.2, 0.25) is 0 Å². The van der Waals surface area contributed by atoms with Crippen molar-refractivity contribution in [2.24, 2.45) is 35.5 Å². The maximum atomic E-state index is 14.8.